The number of hydrogen-bond donors (Lipinski definition) is 1. The summed E-state index contributed by atoms with van der Waals surface area (Å²) in [7, 11) is 0. The molecule has 2 aromatic carbocycles. The number of aliphatic hydroxyl groups is 1. The maximum absolute atomic E-state index is 10.5. The molecule has 0 aliphatic carbocycles. The lowest BCUT2D eigenvalue weighted by Crippen LogP contribution is -2.30. The highest BCUT2D eigenvalue weighted by molar-refractivity contribution is 6.30. The van der Waals surface area contributed by atoms with E-state index in [0.29, 0.717) is 13.0 Å². The van der Waals surface area contributed by atoms with Gasteiger partial charge in [0.05, 0.1) is 17.6 Å². The summed E-state index contributed by atoms with van der Waals surface area (Å²) in [6.07, 6.45) is 0.683. The molecule has 0 saturated carbocycles. The van der Waals surface area contributed by atoms with Gasteiger partial charge in [-0.3, -0.25) is 4.90 Å². The van der Waals surface area contributed by atoms with Gasteiger partial charge in [-0.25, -0.2) is 0 Å². The number of nitriles is 1. The van der Waals surface area contributed by atoms with Crippen LogP contribution in [0, 0.1) is 11.3 Å². The standard InChI is InChI=1S/C20H21ClN2O/c21-18-8-6-16(7-9-18)13-23-11-10-20(15-22,12-19(24)14-23)17-4-2-1-3-5-17/h1-9,19,24H,10-14H2/t19-,20-/m0/s1. The fraction of sp³-hybridized carbons (Fsp3) is 0.350. The minimum atomic E-state index is -0.616. The van der Waals surface area contributed by atoms with E-state index in [1.54, 1.807) is 0 Å². The molecule has 0 radical (unpaired) electrons. The normalized spacial score (nSPS) is 25.0. The predicted octanol–water partition coefficient (Wildman–Crippen LogP) is 3.76. The Kier molecular flexibility index (Phi) is 5.20. The molecule has 1 heterocycles. The van der Waals surface area contributed by atoms with E-state index in [4.69, 9.17) is 11.6 Å². The van der Waals surface area contributed by atoms with Crippen molar-refractivity contribution in [2.24, 2.45) is 0 Å². The first-order valence-corrected chi connectivity index (χ1v) is 8.61. The second-order valence-corrected chi connectivity index (χ2v) is 6.97. The Morgan fingerprint density at radius 2 is 1.88 bits per heavy atom. The van der Waals surface area contributed by atoms with Crippen molar-refractivity contribution in [1.82, 2.24) is 4.90 Å². The van der Waals surface area contributed by atoms with E-state index in [2.05, 4.69) is 11.0 Å². The summed E-state index contributed by atoms with van der Waals surface area (Å²) < 4.78 is 0. The number of benzene rings is 2. The maximum Gasteiger partial charge on any atom is 0.0859 e. The van der Waals surface area contributed by atoms with Crippen molar-refractivity contribution in [3.63, 3.8) is 0 Å². The van der Waals surface area contributed by atoms with Crippen molar-refractivity contribution in [2.75, 3.05) is 13.1 Å². The van der Waals surface area contributed by atoms with Gasteiger partial charge < -0.3 is 5.11 Å². The van der Waals surface area contributed by atoms with Crippen molar-refractivity contribution < 1.29 is 5.11 Å². The van der Waals surface area contributed by atoms with Crippen LogP contribution in [-0.4, -0.2) is 29.2 Å². The van der Waals surface area contributed by atoms with Gasteiger partial charge in [-0.1, -0.05) is 54.1 Å². The van der Waals surface area contributed by atoms with Gasteiger partial charge in [-0.2, -0.15) is 5.26 Å². The summed E-state index contributed by atoms with van der Waals surface area (Å²) in [6.45, 7) is 2.12. The van der Waals surface area contributed by atoms with E-state index in [1.165, 1.54) is 0 Å². The highest BCUT2D eigenvalue weighted by atomic mass is 35.5. The fourth-order valence-corrected chi connectivity index (χ4v) is 3.61. The van der Waals surface area contributed by atoms with Crippen molar-refractivity contribution in [1.29, 1.82) is 5.26 Å². The second-order valence-electron chi connectivity index (χ2n) is 6.53. The van der Waals surface area contributed by atoms with Crippen LogP contribution in [0.25, 0.3) is 0 Å². The molecule has 0 unspecified atom stereocenters. The average molecular weight is 341 g/mol. The van der Waals surface area contributed by atoms with Gasteiger partial charge in [-0.15, -0.1) is 0 Å². The molecule has 1 aliphatic rings. The molecular weight excluding hydrogens is 320 g/mol. The first-order chi connectivity index (χ1) is 11.6. The first kappa shape index (κ1) is 17.0. The Balaban J connectivity index is 1.77. The summed E-state index contributed by atoms with van der Waals surface area (Å²) in [4.78, 5) is 2.22. The average Bonchev–Trinajstić information content (AvgIpc) is 2.77. The van der Waals surface area contributed by atoms with Gasteiger partial charge in [-0.05, 0) is 36.1 Å². The molecule has 0 bridgehead atoms. The number of β-amino-alcohol motifs (C(OH)–C–C–N with tert-alkyl or cyclic N) is 1. The van der Waals surface area contributed by atoms with Crippen LogP contribution in [0.4, 0.5) is 0 Å². The van der Waals surface area contributed by atoms with Gasteiger partial charge >= 0.3 is 0 Å². The van der Waals surface area contributed by atoms with Crippen LogP contribution in [-0.2, 0) is 12.0 Å². The molecule has 2 atom stereocenters. The van der Waals surface area contributed by atoms with Crippen molar-refractivity contribution in [3.05, 3.63) is 70.7 Å². The highest BCUT2D eigenvalue weighted by Gasteiger charge is 2.38. The van der Waals surface area contributed by atoms with Gasteiger partial charge in [0.2, 0.25) is 0 Å². The molecule has 0 aromatic heterocycles. The van der Waals surface area contributed by atoms with E-state index in [9.17, 15) is 10.4 Å². The molecule has 1 N–H and O–H groups in total. The molecule has 1 saturated heterocycles. The maximum atomic E-state index is 10.5. The first-order valence-electron chi connectivity index (χ1n) is 8.23. The van der Waals surface area contributed by atoms with Crippen LogP contribution in [0.5, 0.6) is 0 Å². The Labute approximate surface area is 148 Å². The third-order valence-electron chi connectivity index (χ3n) is 4.77. The summed E-state index contributed by atoms with van der Waals surface area (Å²) in [5.41, 5.74) is 1.55. The summed E-state index contributed by atoms with van der Waals surface area (Å²) in [5, 5.41) is 21.1. The molecular formula is C20H21ClN2O. The van der Waals surface area contributed by atoms with Gasteiger partial charge in [0, 0.05) is 24.7 Å². The Hall–Kier alpha value is -1.86. The van der Waals surface area contributed by atoms with Crippen LogP contribution in [0.3, 0.4) is 0 Å². The van der Waals surface area contributed by atoms with Gasteiger partial charge in [0.1, 0.15) is 0 Å². The van der Waals surface area contributed by atoms with E-state index in [1.807, 2.05) is 54.6 Å². The quantitative estimate of drug-likeness (QED) is 0.925. The highest BCUT2D eigenvalue weighted by Crippen LogP contribution is 2.35. The smallest absolute Gasteiger partial charge is 0.0859 e. The second kappa shape index (κ2) is 7.36. The summed E-state index contributed by atoms with van der Waals surface area (Å²) in [5.74, 6) is 0. The van der Waals surface area contributed by atoms with Gasteiger partial charge in [0.25, 0.3) is 0 Å². The van der Waals surface area contributed by atoms with Crippen LogP contribution < -0.4 is 0 Å². The van der Waals surface area contributed by atoms with Crippen LogP contribution in [0.15, 0.2) is 54.6 Å². The number of rotatable bonds is 3. The molecule has 1 aliphatic heterocycles. The number of hydrogen-bond acceptors (Lipinski definition) is 3. The zero-order valence-corrected chi connectivity index (χ0v) is 14.3. The lowest BCUT2D eigenvalue weighted by molar-refractivity contribution is 0.112. The molecule has 4 heteroatoms. The van der Waals surface area contributed by atoms with Crippen LogP contribution in [0.1, 0.15) is 24.0 Å². The largest absolute Gasteiger partial charge is 0.392 e. The lowest BCUT2D eigenvalue weighted by atomic mass is 9.75. The van der Waals surface area contributed by atoms with E-state index >= 15 is 0 Å². The molecule has 124 valence electrons. The number of aliphatic hydroxyl groups excluding tert-OH is 1. The Morgan fingerprint density at radius 1 is 1.17 bits per heavy atom. The molecule has 3 rings (SSSR count). The predicted molar refractivity (Wildman–Crippen MR) is 95.7 cm³/mol. The minimum absolute atomic E-state index is 0.477. The van der Waals surface area contributed by atoms with Crippen molar-refractivity contribution >= 4 is 11.6 Å². The number of likely N-dealkylation sites (tertiary alicyclic amines) is 1. The van der Waals surface area contributed by atoms with E-state index < -0.39 is 11.5 Å². The van der Waals surface area contributed by atoms with Crippen molar-refractivity contribution in [2.45, 2.75) is 30.9 Å². The molecule has 2 aromatic rings. The summed E-state index contributed by atoms with van der Waals surface area (Å²) in [6, 6.07) is 20.1. The minimum Gasteiger partial charge on any atom is -0.392 e. The zero-order chi connectivity index (χ0) is 17.0. The molecule has 0 spiro atoms. The topological polar surface area (TPSA) is 47.3 Å². The monoisotopic (exact) mass is 340 g/mol. The van der Waals surface area contributed by atoms with Crippen LogP contribution >= 0.6 is 11.6 Å². The van der Waals surface area contributed by atoms with Crippen molar-refractivity contribution in [3.8, 4) is 6.07 Å². The van der Waals surface area contributed by atoms with Gasteiger partial charge in [0.15, 0.2) is 0 Å². The molecule has 0 amide bonds. The molecule has 24 heavy (non-hydrogen) atoms. The summed E-state index contributed by atoms with van der Waals surface area (Å²) >= 11 is 5.94. The third-order valence-corrected chi connectivity index (χ3v) is 5.02. The SMILES string of the molecule is N#C[C@]1(c2ccccc2)CCN(Cc2ccc(Cl)cc2)C[C@@H](O)C1. The van der Waals surface area contributed by atoms with E-state index in [0.717, 1.165) is 35.7 Å². The third kappa shape index (κ3) is 3.79. The number of nitrogens with zero attached hydrogens (tertiary/aromatic N) is 2. The fourth-order valence-electron chi connectivity index (χ4n) is 3.48. The Morgan fingerprint density at radius 3 is 2.54 bits per heavy atom. The molecule has 3 nitrogen and oxygen atoms in total. The van der Waals surface area contributed by atoms with E-state index in [-0.39, 0.29) is 0 Å². The van der Waals surface area contributed by atoms with Crippen LogP contribution in [0.2, 0.25) is 5.02 Å². The molecule has 1 fully saturated rings. The Bertz CT molecular complexity index is 711. The zero-order valence-electron chi connectivity index (χ0n) is 13.5. The number of halogens is 1. The lowest BCUT2D eigenvalue weighted by Gasteiger charge is -2.26.